The van der Waals surface area contributed by atoms with E-state index in [0.717, 1.165) is 0 Å². The van der Waals surface area contributed by atoms with Crippen LogP contribution in [-0.2, 0) is 33.4 Å². The van der Waals surface area contributed by atoms with E-state index in [9.17, 15) is 19.2 Å². The molecular formula is C15H22O7. The van der Waals surface area contributed by atoms with Crippen LogP contribution >= 0.6 is 0 Å². The number of hydrogen-bond acceptors (Lipinski definition) is 7. The summed E-state index contributed by atoms with van der Waals surface area (Å²) in [5.74, 6) is -4.06. The molecule has 0 saturated heterocycles. The van der Waals surface area contributed by atoms with Gasteiger partial charge in [-0.25, -0.2) is 0 Å². The molecule has 1 aliphatic rings. The van der Waals surface area contributed by atoms with Crippen molar-refractivity contribution in [2.75, 3.05) is 14.2 Å². The summed E-state index contributed by atoms with van der Waals surface area (Å²) in [6.07, 6.45) is -0.667. The third-order valence-electron chi connectivity index (χ3n) is 4.12. The summed E-state index contributed by atoms with van der Waals surface area (Å²) in [6.45, 7) is 4.87. The van der Waals surface area contributed by atoms with E-state index in [1.54, 1.807) is 0 Å². The molecule has 0 N–H and O–H groups in total. The van der Waals surface area contributed by atoms with Crippen molar-refractivity contribution in [2.24, 2.45) is 17.3 Å². The summed E-state index contributed by atoms with van der Waals surface area (Å²) < 4.78 is 14.4. The van der Waals surface area contributed by atoms with Crippen molar-refractivity contribution < 1.29 is 33.4 Å². The van der Waals surface area contributed by atoms with E-state index < -0.39 is 41.3 Å². The lowest BCUT2D eigenvalue weighted by atomic mass is 9.62. The molecule has 0 aromatic carbocycles. The van der Waals surface area contributed by atoms with E-state index in [1.165, 1.54) is 21.1 Å². The second-order valence-electron chi connectivity index (χ2n) is 6.09. The first-order valence-corrected chi connectivity index (χ1v) is 6.99. The van der Waals surface area contributed by atoms with Gasteiger partial charge in [-0.2, -0.15) is 0 Å². The molecule has 0 bridgehead atoms. The molecule has 7 heteroatoms. The molecular weight excluding hydrogens is 292 g/mol. The average molecular weight is 314 g/mol. The van der Waals surface area contributed by atoms with Crippen LogP contribution in [0.25, 0.3) is 0 Å². The predicted molar refractivity (Wildman–Crippen MR) is 74.6 cm³/mol. The van der Waals surface area contributed by atoms with Gasteiger partial charge in [0.25, 0.3) is 0 Å². The van der Waals surface area contributed by atoms with Gasteiger partial charge < -0.3 is 14.2 Å². The van der Waals surface area contributed by atoms with E-state index >= 15 is 0 Å². The maximum absolute atomic E-state index is 12.2. The van der Waals surface area contributed by atoms with E-state index in [1.807, 2.05) is 13.8 Å². The van der Waals surface area contributed by atoms with Gasteiger partial charge in [0.2, 0.25) is 0 Å². The Bertz CT molecular complexity index is 464. The Labute approximate surface area is 129 Å². The summed E-state index contributed by atoms with van der Waals surface area (Å²) in [7, 11) is 2.36. The molecule has 1 aliphatic carbocycles. The molecule has 0 aromatic heterocycles. The summed E-state index contributed by atoms with van der Waals surface area (Å²) in [5, 5.41) is 0. The van der Waals surface area contributed by atoms with Gasteiger partial charge in [0, 0.05) is 13.3 Å². The van der Waals surface area contributed by atoms with Crippen molar-refractivity contribution in [3.8, 4) is 0 Å². The van der Waals surface area contributed by atoms with Crippen LogP contribution in [0.3, 0.4) is 0 Å². The van der Waals surface area contributed by atoms with Crippen molar-refractivity contribution in [1.82, 2.24) is 0 Å². The van der Waals surface area contributed by atoms with Crippen LogP contribution in [0.2, 0.25) is 0 Å². The Morgan fingerprint density at radius 3 is 2.05 bits per heavy atom. The zero-order valence-corrected chi connectivity index (χ0v) is 13.5. The van der Waals surface area contributed by atoms with Gasteiger partial charge in [-0.15, -0.1) is 0 Å². The summed E-state index contributed by atoms with van der Waals surface area (Å²) in [5.41, 5.74) is -0.582. The molecule has 0 radical (unpaired) electrons. The predicted octanol–water partition coefficient (Wildman–Crippen LogP) is 0.886. The Balaban J connectivity index is 3.08. The molecule has 0 spiro atoms. The smallest absolute Gasteiger partial charge is 0.320 e. The Kier molecular flexibility index (Phi) is 5.68. The number of methoxy groups -OCH3 is 2. The zero-order valence-electron chi connectivity index (χ0n) is 13.5. The lowest BCUT2D eigenvalue weighted by Gasteiger charge is -2.42. The van der Waals surface area contributed by atoms with Gasteiger partial charge in [-0.05, 0) is 17.8 Å². The standard InChI is InChI=1S/C15H22O7/c1-8(16)22-11-7-15(2,3)9(6-10(11)17)12(13(18)20-4)14(19)21-5/h9,11-12H,6-7H2,1-5H3/t9-,11-/m0/s1. The fourth-order valence-electron chi connectivity index (χ4n) is 2.92. The van der Waals surface area contributed by atoms with Gasteiger partial charge in [0.15, 0.2) is 17.8 Å². The number of ketones is 1. The van der Waals surface area contributed by atoms with Crippen LogP contribution in [0, 0.1) is 17.3 Å². The number of carbonyl (C=O) groups is 4. The molecule has 0 aliphatic heterocycles. The monoisotopic (exact) mass is 314 g/mol. The molecule has 0 heterocycles. The molecule has 1 fully saturated rings. The largest absolute Gasteiger partial charge is 0.468 e. The lowest BCUT2D eigenvalue weighted by molar-refractivity contribution is -0.171. The minimum atomic E-state index is -1.17. The minimum absolute atomic E-state index is 0.0557. The summed E-state index contributed by atoms with van der Waals surface area (Å²) in [4.78, 5) is 47.1. The third-order valence-corrected chi connectivity index (χ3v) is 4.12. The lowest BCUT2D eigenvalue weighted by Crippen LogP contribution is -2.49. The molecule has 7 nitrogen and oxygen atoms in total. The molecule has 0 unspecified atom stereocenters. The molecule has 1 saturated carbocycles. The maximum Gasteiger partial charge on any atom is 0.320 e. The van der Waals surface area contributed by atoms with Crippen molar-refractivity contribution >= 4 is 23.7 Å². The number of esters is 3. The summed E-state index contributed by atoms with van der Waals surface area (Å²) >= 11 is 0. The van der Waals surface area contributed by atoms with Crippen LogP contribution in [0.4, 0.5) is 0 Å². The van der Waals surface area contributed by atoms with Gasteiger partial charge in [0.05, 0.1) is 14.2 Å². The maximum atomic E-state index is 12.2. The first kappa shape index (κ1) is 18.1. The number of carbonyl (C=O) groups excluding carboxylic acids is 4. The van der Waals surface area contributed by atoms with E-state index in [2.05, 4.69) is 9.47 Å². The van der Waals surface area contributed by atoms with E-state index in [-0.39, 0.29) is 18.6 Å². The SMILES string of the molecule is COC(=O)C(C(=O)OC)[C@@H]1CC(=O)[C@@H](OC(C)=O)CC1(C)C. The van der Waals surface area contributed by atoms with Gasteiger partial charge >= 0.3 is 17.9 Å². The normalized spacial score (nSPS) is 23.8. The Hall–Kier alpha value is -1.92. The van der Waals surface area contributed by atoms with E-state index in [0.29, 0.717) is 0 Å². The third kappa shape index (κ3) is 3.84. The molecule has 2 atom stereocenters. The topological polar surface area (TPSA) is 96.0 Å². The number of Topliss-reactive ketones (excluding diaryl/α,β-unsaturated/α-hetero) is 1. The van der Waals surface area contributed by atoms with Gasteiger partial charge in [0.1, 0.15) is 0 Å². The van der Waals surface area contributed by atoms with Crippen molar-refractivity contribution in [2.45, 2.75) is 39.7 Å². The molecule has 1 rings (SSSR count). The Morgan fingerprint density at radius 2 is 1.64 bits per heavy atom. The van der Waals surface area contributed by atoms with E-state index in [4.69, 9.17) is 4.74 Å². The first-order valence-electron chi connectivity index (χ1n) is 6.99. The highest BCUT2D eigenvalue weighted by molar-refractivity contribution is 5.96. The average Bonchev–Trinajstić information content (AvgIpc) is 2.42. The van der Waals surface area contributed by atoms with Crippen LogP contribution < -0.4 is 0 Å². The Morgan fingerprint density at radius 1 is 1.14 bits per heavy atom. The minimum Gasteiger partial charge on any atom is -0.468 e. The van der Waals surface area contributed by atoms with Crippen molar-refractivity contribution in [3.05, 3.63) is 0 Å². The van der Waals surface area contributed by atoms with Crippen LogP contribution in [0.15, 0.2) is 0 Å². The van der Waals surface area contributed by atoms with Crippen LogP contribution in [0.5, 0.6) is 0 Å². The number of ether oxygens (including phenoxy) is 3. The van der Waals surface area contributed by atoms with Gasteiger partial charge in [-0.1, -0.05) is 13.8 Å². The number of hydrogen-bond donors (Lipinski definition) is 0. The van der Waals surface area contributed by atoms with Crippen LogP contribution in [-0.4, -0.2) is 44.0 Å². The number of rotatable bonds is 4. The molecule has 22 heavy (non-hydrogen) atoms. The highest BCUT2D eigenvalue weighted by atomic mass is 16.6. The zero-order chi connectivity index (χ0) is 17.1. The highest BCUT2D eigenvalue weighted by Crippen LogP contribution is 2.45. The summed E-state index contributed by atoms with van der Waals surface area (Å²) in [6, 6.07) is 0. The quantitative estimate of drug-likeness (QED) is 0.432. The second kappa shape index (κ2) is 6.89. The van der Waals surface area contributed by atoms with Gasteiger partial charge in [-0.3, -0.25) is 19.2 Å². The molecule has 124 valence electrons. The highest BCUT2D eigenvalue weighted by Gasteiger charge is 2.51. The fraction of sp³-hybridized carbons (Fsp3) is 0.733. The molecule has 0 aromatic rings. The van der Waals surface area contributed by atoms with Crippen molar-refractivity contribution in [1.29, 1.82) is 0 Å². The van der Waals surface area contributed by atoms with Crippen molar-refractivity contribution in [3.63, 3.8) is 0 Å². The molecule has 0 amide bonds. The van der Waals surface area contributed by atoms with Crippen LogP contribution in [0.1, 0.15) is 33.6 Å². The second-order valence-corrected chi connectivity index (χ2v) is 6.09. The first-order chi connectivity index (χ1) is 10.1. The fourth-order valence-corrected chi connectivity index (χ4v) is 2.92.